The first-order valence-corrected chi connectivity index (χ1v) is 8.32. The summed E-state index contributed by atoms with van der Waals surface area (Å²) in [6.45, 7) is 8.61. The maximum Gasteiger partial charge on any atom is 0.227 e. The molecule has 2 aliphatic heterocycles. The Hall–Kier alpha value is -0.650. The number of nitrogens with zero attached hydrogens (tertiary/aromatic N) is 3. The van der Waals surface area contributed by atoms with Gasteiger partial charge in [0.25, 0.3) is 0 Å². The summed E-state index contributed by atoms with van der Waals surface area (Å²) >= 11 is 0. The number of methoxy groups -OCH3 is 1. The first kappa shape index (κ1) is 16.7. The Labute approximate surface area is 129 Å². The minimum absolute atomic E-state index is 0.0222. The monoisotopic (exact) mass is 297 g/mol. The van der Waals surface area contributed by atoms with Crippen molar-refractivity contribution in [1.29, 1.82) is 0 Å². The summed E-state index contributed by atoms with van der Waals surface area (Å²) in [5.41, 5.74) is 0. The minimum atomic E-state index is -0.0222. The van der Waals surface area contributed by atoms with E-state index >= 15 is 0 Å². The lowest BCUT2D eigenvalue weighted by Gasteiger charge is -2.40. The van der Waals surface area contributed by atoms with E-state index in [1.807, 2.05) is 11.8 Å². The number of carbonyl (C=O) groups is 1. The highest BCUT2D eigenvalue weighted by atomic mass is 16.5. The van der Waals surface area contributed by atoms with Gasteiger partial charge in [-0.05, 0) is 26.4 Å². The van der Waals surface area contributed by atoms with Gasteiger partial charge in [0.2, 0.25) is 5.91 Å². The number of likely N-dealkylation sites (N-methyl/N-ethyl adjacent to an activating group) is 1. The second kappa shape index (κ2) is 8.11. The number of amides is 1. The summed E-state index contributed by atoms with van der Waals surface area (Å²) in [6.07, 6.45) is 4.02. The molecular weight excluding hydrogens is 266 g/mol. The molecule has 2 fully saturated rings. The van der Waals surface area contributed by atoms with Crippen LogP contribution in [-0.4, -0.2) is 86.7 Å². The van der Waals surface area contributed by atoms with Gasteiger partial charge in [0.15, 0.2) is 0 Å². The van der Waals surface area contributed by atoms with Gasteiger partial charge in [-0.25, -0.2) is 0 Å². The van der Waals surface area contributed by atoms with Gasteiger partial charge in [0.05, 0.1) is 12.5 Å². The number of hydrogen-bond donors (Lipinski definition) is 0. The standard InChI is InChI=1S/C16H31N3O2/c1-14(13-21-3)16(20)19-10-8-18(9-11-19)12-15-6-4-5-7-17(15)2/h14-15H,4-13H2,1-3H3/t14-,15-/m0/s1. The molecule has 5 heteroatoms. The second-order valence-electron chi connectivity index (χ2n) is 6.61. The number of ether oxygens (including phenoxy) is 1. The van der Waals surface area contributed by atoms with E-state index in [-0.39, 0.29) is 11.8 Å². The third kappa shape index (κ3) is 4.66. The Morgan fingerprint density at radius 1 is 1.19 bits per heavy atom. The molecule has 0 aromatic rings. The average Bonchev–Trinajstić information content (AvgIpc) is 2.50. The van der Waals surface area contributed by atoms with Crippen LogP contribution in [0.3, 0.4) is 0 Å². The topological polar surface area (TPSA) is 36.0 Å². The van der Waals surface area contributed by atoms with Crippen molar-refractivity contribution >= 4 is 5.91 Å². The third-order valence-electron chi connectivity index (χ3n) is 4.91. The smallest absolute Gasteiger partial charge is 0.227 e. The number of carbonyl (C=O) groups excluding carboxylic acids is 1. The highest BCUT2D eigenvalue weighted by molar-refractivity contribution is 5.78. The number of piperazine rings is 1. The lowest BCUT2D eigenvalue weighted by atomic mass is 10.0. The van der Waals surface area contributed by atoms with Crippen LogP contribution < -0.4 is 0 Å². The van der Waals surface area contributed by atoms with Gasteiger partial charge in [-0.3, -0.25) is 9.69 Å². The predicted octanol–water partition coefficient (Wildman–Crippen LogP) is 0.897. The van der Waals surface area contributed by atoms with Gasteiger partial charge in [0.1, 0.15) is 0 Å². The van der Waals surface area contributed by atoms with E-state index in [9.17, 15) is 4.79 Å². The number of piperidine rings is 1. The summed E-state index contributed by atoms with van der Waals surface area (Å²) in [4.78, 5) is 19.3. The molecule has 0 aliphatic carbocycles. The number of hydrogen-bond acceptors (Lipinski definition) is 4. The van der Waals surface area contributed by atoms with E-state index in [0.717, 1.165) is 32.7 Å². The normalized spacial score (nSPS) is 26.8. The molecule has 2 heterocycles. The summed E-state index contributed by atoms with van der Waals surface area (Å²) in [6, 6.07) is 0.702. The van der Waals surface area contributed by atoms with Gasteiger partial charge < -0.3 is 14.5 Å². The zero-order valence-corrected chi connectivity index (χ0v) is 13.9. The zero-order chi connectivity index (χ0) is 15.2. The molecule has 0 aromatic heterocycles. The Balaban J connectivity index is 1.74. The predicted molar refractivity (Wildman–Crippen MR) is 84.3 cm³/mol. The van der Waals surface area contributed by atoms with E-state index in [1.165, 1.54) is 25.8 Å². The zero-order valence-electron chi connectivity index (χ0n) is 13.9. The fourth-order valence-corrected chi connectivity index (χ4v) is 3.46. The molecule has 0 bridgehead atoms. The van der Waals surface area contributed by atoms with Crippen molar-refractivity contribution in [2.45, 2.75) is 32.2 Å². The van der Waals surface area contributed by atoms with E-state index < -0.39 is 0 Å². The molecule has 0 unspecified atom stereocenters. The maximum atomic E-state index is 12.3. The van der Waals surface area contributed by atoms with Crippen LogP contribution in [0.2, 0.25) is 0 Å². The molecule has 21 heavy (non-hydrogen) atoms. The Morgan fingerprint density at radius 3 is 2.52 bits per heavy atom. The van der Waals surface area contributed by atoms with Crippen LogP contribution in [-0.2, 0) is 9.53 Å². The Morgan fingerprint density at radius 2 is 1.90 bits per heavy atom. The third-order valence-corrected chi connectivity index (χ3v) is 4.91. The fourth-order valence-electron chi connectivity index (χ4n) is 3.46. The maximum absolute atomic E-state index is 12.3. The molecule has 2 aliphatic rings. The lowest BCUT2D eigenvalue weighted by Crippen LogP contribution is -2.54. The van der Waals surface area contributed by atoms with Crippen molar-refractivity contribution in [3.63, 3.8) is 0 Å². The Bertz CT molecular complexity index is 329. The van der Waals surface area contributed by atoms with Crippen molar-refractivity contribution < 1.29 is 9.53 Å². The van der Waals surface area contributed by atoms with Crippen molar-refractivity contribution in [2.75, 3.05) is 60.0 Å². The molecule has 0 radical (unpaired) electrons. The summed E-state index contributed by atoms with van der Waals surface area (Å²) in [7, 11) is 3.90. The molecule has 0 N–H and O–H groups in total. The molecule has 2 atom stereocenters. The van der Waals surface area contributed by atoms with Crippen molar-refractivity contribution in [3.05, 3.63) is 0 Å². The van der Waals surface area contributed by atoms with Gasteiger partial charge in [-0.15, -0.1) is 0 Å². The number of likely N-dealkylation sites (tertiary alicyclic amines) is 1. The van der Waals surface area contributed by atoms with E-state index in [0.29, 0.717) is 12.6 Å². The highest BCUT2D eigenvalue weighted by Gasteiger charge is 2.27. The Kier molecular flexibility index (Phi) is 6.45. The van der Waals surface area contributed by atoms with Crippen molar-refractivity contribution in [2.24, 2.45) is 5.92 Å². The SMILES string of the molecule is COC[C@H](C)C(=O)N1CCN(C[C@@H]2CCCCN2C)CC1. The molecule has 0 aromatic carbocycles. The van der Waals surface area contributed by atoms with Crippen LogP contribution in [0.1, 0.15) is 26.2 Å². The molecule has 5 nitrogen and oxygen atoms in total. The van der Waals surface area contributed by atoms with Crippen LogP contribution in [0.25, 0.3) is 0 Å². The van der Waals surface area contributed by atoms with Crippen molar-refractivity contribution in [1.82, 2.24) is 14.7 Å². The lowest BCUT2D eigenvalue weighted by molar-refractivity contribution is -0.138. The first-order valence-electron chi connectivity index (χ1n) is 8.32. The molecule has 2 saturated heterocycles. The van der Waals surface area contributed by atoms with Gasteiger partial charge in [0, 0.05) is 45.9 Å². The largest absolute Gasteiger partial charge is 0.384 e. The van der Waals surface area contributed by atoms with E-state index in [2.05, 4.69) is 16.8 Å². The molecule has 122 valence electrons. The van der Waals surface area contributed by atoms with Gasteiger partial charge in [-0.1, -0.05) is 13.3 Å². The quantitative estimate of drug-likeness (QED) is 0.755. The van der Waals surface area contributed by atoms with Crippen LogP contribution in [0.5, 0.6) is 0 Å². The van der Waals surface area contributed by atoms with E-state index in [1.54, 1.807) is 7.11 Å². The van der Waals surface area contributed by atoms with Crippen LogP contribution in [0, 0.1) is 5.92 Å². The van der Waals surface area contributed by atoms with Gasteiger partial charge in [-0.2, -0.15) is 0 Å². The van der Waals surface area contributed by atoms with Crippen LogP contribution in [0.4, 0.5) is 0 Å². The average molecular weight is 297 g/mol. The molecule has 1 amide bonds. The van der Waals surface area contributed by atoms with Crippen molar-refractivity contribution in [3.8, 4) is 0 Å². The second-order valence-corrected chi connectivity index (χ2v) is 6.61. The van der Waals surface area contributed by atoms with Crippen LogP contribution in [0.15, 0.2) is 0 Å². The fraction of sp³-hybridized carbons (Fsp3) is 0.938. The summed E-state index contributed by atoms with van der Waals surface area (Å²) in [5.74, 6) is 0.220. The van der Waals surface area contributed by atoms with E-state index in [4.69, 9.17) is 4.74 Å². The van der Waals surface area contributed by atoms with Gasteiger partial charge >= 0.3 is 0 Å². The first-order chi connectivity index (χ1) is 10.1. The summed E-state index contributed by atoms with van der Waals surface area (Å²) < 4.78 is 5.09. The molecular formula is C16H31N3O2. The minimum Gasteiger partial charge on any atom is -0.384 e. The molecule has 0 saturated carbocycles. The van der Waals surface area contributed by atoms with Crippen LogP contribution >= 0.6 is 0 Å². The number of rotatable bonds is 5. The molecule has 2 rings (SSSR count). The summed E-state index contributed by atoms with van der Waals surface area (Å²) in [5, 5.41) is 0. The highest BCUT2D eigenvalue weighted by Crippen LogP contribution is 2.17. The molecule has 0 spiro atoms.